The quantitative estimate of drug-likeness (QED) is 0.221. The minimum absolute atomic E-state index is 0.0673. The molecule has 0 aromatic heterocycles. The molecule has 36 heavy (non-hydrogen) atoms. The number of benzene rings is 3. The first-order valence-electron chi connectivity index (χ1n) is 11.6. The highest BCUT2D eigenvalue weighted by Gasteiger charge is 2.29. The number of ether oxygens (including phenoxy) is 2. The van der Waals surface area contributed by atoms with E-state index < -0.39 is 29.4 Å². The average Bonchev–Trinajstić information content (AvgIpc) is 2.86. The molecule has 0 amide bonds. The third-order valence-electron chi connectivity index (χ3n) is 5.13. The summed E-state index contributed by atoms with van der Waals surface area (Å²) >= 11 is 0. The maximum atomic E-state index is 13.4. The third-order valence-corrected chi connectivity index (χ3v) is 5.13. The summed E-state index contributed by atoms with van der Waals surface area (Å²) in [4.78, 5) is 30.9. The van der Waals surface area contributed by atoms with E-state index >= 15 is 0 Å². The zero-order chi connectivity index (χ0) is 26.1. The molecule has 0 N–H and O–H groups in total. The van der Waals surface area contributed by atoms with Crippen LogP contribution in [0.2, 0.25) is 0 Å². The van der Waals surface area contributed by atoms with Gasteiger partial charge in [0.05, 0.1) is 12.8 Å². The Morgan fingerprint density at radius 1 is 0.889 bits per heavy atom. The molecule has 0 aliphatic heterocycles. The topological polar surface area (TPSA) is 65.0 Å². The Morgan fingerprint density at radius 3 is 1.89 bits per heavy atom. The Bertz CT molecular complexity index is 1190. The maximum absolute atomic E-state index is 13.4. The largest absolute Gasteiger partial charge is 0.466 e. The van der Waals surface area contributed by atoms with Gasteiger partial charge in [0.15, 0.2) is 6.04 Å². The zero-order valence-corrected chi connectivity index (χ0v) is 20.9. The Balaban J connectivity index is 2.12. The van der Waals surface area contributed by atoms with Gasteiger partial charge in [-0.15, -0.1) is 0 Å². The second-order valence-electron chi connectivity index (χ2n) is 9.18. The molecule has 0 saturated heterocycles. The fourth-order valence-electron chi connectivity index (χ4n) is 3.52. The Hall–Kier alpha value is -4.06. The molecule has 0 bridgehead atoms. The molecule has 1 atom stereocenters. The van der Waals surface area contributed by atoms with Crippen LogP contribution in [-0.4, -0.2) is 36.4 Å². The van der Waals surface area contributed by atoms with Crippen LogP contribution in [0.3, 0.4) is 0 Å². The van der Waals surface area contributed by atoms with Crippen molar-refractivity contribution in [2.75, 3.05) is 7.11 Å². The molecule has 0 fully saturated rings. The second kappa shape index (κ2) is 12.1. The van der Waals surface area contributed by atoms with Crippen LogP contribution in [0, 0.1) is 5.82 Å². The van der Waals surface area contributed by atoms with E-state index in [-0.39, 0.29) is 12.0 Å². The van der Waals surface area contributed by atoms with Crippen molar-refractivity contribution in [2.45, 2.75) is 38.8 Å². The van der Waals surface area contributed by atoms with Gasteiger partial charge in [-0.1, -0.05) is 72.8 Å². The smallest absolute Gasteiger partial charge is 0.333 e. The van der Waals surface area contributed by atoms with Crippen LogP contribution >= 0.6 is 0 Å². The fourth-order valence-corrected chi connectivity index (χ4v) is 3.52. The number of halogens is 1. The average molecular weight is 488 g/mol. The first-order chi connectivity index (χ1) is 17.2. The van der Waals surface area contributed by atoms with Crippen molar-refractivity contribution in [3.8, 4) is 0 Å². The van der Waals surface area contributed by atoms with E-state index in [0.29, 0.717) is 11.3 Å². The summed E-state index contributed by atoms with van der Waals surface area (Å²) in [6, 6.07) is 23.7. The van der Waals surface area contributed by atoms with E-state index in [1.54, 1.807) is 39.0 Å². The Morgan fingerprint density at radius 2 is 1.42 bits per heavy atom. The summed E-state index contributed by atoms with van der Waals surface area (Å²) in [5, 5.41) is 0. The van der Waals surface area contributed by atoms with Gasteiger partial charge >= 0.3 is 11.9 Å². The molecular weight excluding hydrogens is 457 g/mol. The molecule has 5 nitrogen and oxygen atoms in total. The van der Waals surface area contributed by atoms with Gasteiger partial charge in [-0.25, -0.2) is 14.0 Å². The van der Waals surface area contributed by atoms with Gasteiger partial charge in [0.2, 0.25) is 0 Å². The highest BCUT2D eigenvalue weighted by molar-refractivity contribution is 6.13. The van der Waals surface area contributed by atoms with Crippen molar-refractivity contribution >= 4 is 23.7 Å². The van der Waals surface area contributed by atoms with Crippen LogP contribution in [0.5, 0.6) is 0 Å². The van der Waals surface area contributed by atoms with Crippen molar-refractivity contribution in [1.82, 2.24) is 0 Å². The fraction of sp³-hybridized carbons (Fsp3) is 0.233. The highest BCUT2D eigenvalue weighted by Crippen LogP contribution is 2.22. The molecule has 3 rings (SSSR count). The monoisotopic (exact) mass is 487 g/mol. The Labute approximate surface area is 211 Å². The van der Waals surface area contributed by atoms with E-state index in [1.807, 2.05) is 60.7 Å². The lowest BCUT2D eigenvalue weighted by atomic mass is 9.99. The minimum Gasteiger partial charge on any atom is -0.466 e. The van der Waals surface area contributed by atoms with Crippen molar-refractivity contribution < 1.29 is 23.5 Å². The van der Waals surface area contributed by atoms with Gasteiger partial charge in [-0.05, 0) is 44.5 Å². The number of aliphatic imine (C=N–C) groups is 1. The zero-order valence-electron chi connectivity index (χ0n) is 20.9. The summed E-state index contributed by atoms with van der Waals surface area (Å²) in [5.74, 6) is -1.57. The highest BCUT2D eigenvalue weighted by atomic mass is 19.1. The molecular formula is C30H30FNO4. The van der Waals surface area contributed by atoms with Crippen molar-refractivity contribution in [2.24, 2.45) is 4.99 Å². The van der Waals surface area contributed by atoms with Crippen molar-refractivity contribution in [3.05, 3.63) is 113 Å². The number of hydrogen-bond acceptors (Lipinski definition) is 5. The van der Waals surface area contributed by atoms with E-state index in [2.05, 4.69) is 0 Å². The number of rotatable bonds is 8. The first kappa shape index (κ1) is 26.5. The number of esters is 2. The van der Waals surface area contributed by atoms with Crippen LogP contribution < -0.4 is 0 Å². The first-order valence-corrected chi connectivity index (χ1v) is 11.6. The molecule has 6 heteroatoms. The van der Waals surface area contributed by atoms with E-state index in [1.165, 1.54) is 19.2 Å². The van der Waals surface area contributed by atoms with Crippen LogP contribution in [-0.2, 0) is 19.1 Å². The SMILES string of the molecule is COC(=O)/C(=C\c1ccc(F)cc1)CC(N=C(c1ccccc1)c1ccccc1)C(=O)OC(C)(C)C. The van der Waals surface area contributed by atoms with Crippen LogP contribution in [0.15, 0.2) is 95.5 Å². The second-order valence-corrected chi connectivity index (χ2v) is 9.18. The summed E-state index contributed by atoms with van der Waals surface area (Å²) < 4.78 is 24.1. The lowest BCUT2D eigenvalue weighted by molar-refractivity contribution is -0.156. The molecule has 0 spiro atoms. The molecule has 0 saturated carbocycles. The summed E-state index contributed by atoms with van der Waals surface area (Å²) in [7, 11) is 1.27. The van der Waals surface area contributed by atoms with Crippen LogP contribution in [0.1, 0.15) is 43.9 Å². The van der Waals surface area contributed by atoms with Crippen LogP contribution in [0.4, 0.5) is 4.39 Å². The van der Waals surface area contributed by atoms with Gasteiger partial charge in [-0.3, -0.25) is 4.99 Å². The molecule has 0 heterocycles. The number of methoxy groups -OCH3 is 1. The molecule has 0 aliphatic carbocycles. The number of carbonyl (C=O) groups excluding carboxylic acids is 2. The van der Waals surface area contributed by atoms with Crippen molar-refractivity contribution in [1.29, 1.82) is 0 Å². The number of hydrogen-bond donors (Lipinski definition) is 0. The molecule has 186 valence electrons. The van der Waals surface area contributed by atoms with Gasteiger partial charge in [0.1, 0.15) is 11.4 Å². The van der Waals surface area contributed by atoms with Gasteiger partial charge in [-0.2, -0.15) is 0 Å². The molecule has 0 radical (unpaired) electrons. The van der Waals surface area contributed by atoms with Gasteiger partial charge in [0.25, 0.3) is 0 Å². The van der Waals surface area contributed by atoms with Gasteiger partial charge in [0, 0.05) is 23.1 Å². The van der Waals surface area contributed by atoms with Crippen molar-refractivity contribution in [3.63, 3.8) is 0 Å². The normalized spacial score (nSPS) is 12.4. The number of nitrogens with zero attached hydrogens (tertiary/aromatic N) is 1. The van der Waals surface area contributed by atoms with E-state index in [4.69, 9.17) is 14.5 Å². The summed E-state index contributed by atoms with van der Waals surface area (Å²) in [5.41, 5.74) is 2.28. The summed E-state index contributed by atoms with van der Waals surface area (Å²) in [6.07, 6.45) is 1.50. The predicted molar refractivity (Wildman–Crippen MR) is 139 cm³/mol. The lowest BCUT2D eigenvalue weighted by Gasteiger charge is -2.23. The lowest BCUT2D eigenvalue weighted by Crippen LogP contribution is -2.32. The molecule has 3 aromatic carbocycles. The standard InChI is InChI=1S/C30H30FNO4/c1-30(2,3)36-29(34)26(20-24(28(33)35-4)19-21-15-17-25(31)18-16-21)32-27(22-11-7-5-8-12-22)23-13-9-6-10-14-23/h5-19,26H,20H2,1-4H3/b24-19-. The third kappa shape index (κ3) is 7.73. The summed E-state index contributed by atoms with van der Waals surface area (Å²) in [6.45, 7) is 5.32. The van der Waals surface area contributed by atoms with Gasteiger partial charge < -0.3 is 9.47 Å². The molecule has 3 aromatic rings. The maximum Gasteiger partial charge on any atom is 0.333 e. The minimum atomic E-state index is -1.04. The van der Waals surface area contributed by atoms with E-state index in [9.17, 15) is 14.0 Å². The predicted octanol–water partition coefficient (Wildman–Crippen LogP) is 6.02. The molecule has 1 unspecified atom stereocenters. The number of carbonyl (C=O) groups is 2. The van der Waals surface area contributed by atoms with Crippen LogP contribution in [0.25, 0.3) is 6.08 Å². The molecule has 0 aliphatic rings. The Kier molecular flexibility index (Phi) is 8.90. The van der Waals surface area contributed by atoms with E-state index in [0.717, 1.165) is 11.1 Å².